The van der Waals surface area contributed by atoms with Gasteiger partial charge in [0.15, 0.2) is 5.65 Å². The Morgan fingerprint density at radius 3 is 1.29 bits per heavy atom. The number of pyridine rings is 3. The Morgan fingerprint density at radius 2 is 0.871 bits per heavy atom. The number of nitrogens with zero attached hydrogens (tertiary/aromatic N) is 21. The Morgan fingerprint density at radius 1 is 0.453 bits per heavy atom. The van der Waals surface area contributed by atoms with E-state index in [4.69, 9.17) is 87.4 Å². The van der Waals surface area contributed by atoms with Gasteiger partial charge in [-0.2, -0.15) is 10.2 Å². The number of aromatic nitrogens is 11. The van der Waals surface area contributed by atoms with Gasteiger partial charge in [-0.25, -0.2) is 36.8 Å². The highest BCUT2D eigenvalue weighted by atomic mass is 35.5. The summed E-state index contributed by atoms with van der Waals surface area (Å²) in [5.41, 5.74) is 18.0. The van der Waals surface area contributed by atoms with Gasteiger partial charge in [-0.3, -0.25) is 65.6 Å². The molecule has 6 fully saturated rings. The number of hydrogen-bond acceptors (Lipinski definition) is 22. The lowest BCUT2D eigenvalue weighted by molar-refractivity contribution is -0.151. The average molecular weight is 2020 g/mol. The second-order valence-electron chi connectivity index (χ2n) is 36.0. The zero-order valence-electron chi connectivity index (χ0n) is 78.1. The number of carbonyl (C=O) groups is 4. The van der Waals surface area contributed by atoms with E-state index in [0.717, 1.165) is 141 Å². The number of anilines is 2. The first kappa shape index (κ1) is 99.0. The van der Waals surface area contributed by atoms with E-state index in [9.17, 15) is 41.1 Å². The van der Waals surface area contributed by atoms with E-state index in [1.54, 1.807) is 56.3 Å². The molecule has 726 valence electrons. The van der Waals surface area contributed by atoms with Crippen molar-refractivity contribution in [2.75, 3.05) is 167 Å². The predicted octanol–water partition coefficient (Wildman–Crippen LogP) is 13.7. The molecule has 32 nitrogen and oxygen atoms in total. The van der Waals surface area contributed by atoms with Gasteiger partial charge in [-0.05, 0) is 135 Å². The van der Waals surface area contributed by atoms with Crippen molar-refractivity contribution in [2.24, 2.45) is 5.92 Å². The lowest BCUT2D eigenvalue weighted by atomic mass is 10.1. The normalized spacial score (nSPS) is 16.1. The van der Waals surface area contributed by atoms with Crippen molar-refractivity contribution >= 4 is 136 Å². The largest absolute Gasteiger partial charge is 0.381 e. The average Bonchev–Trinajstić information content (AvgIpc) is 1.66. The van der Waals surface area contributed by atoms with Crippen LogP contribution >= 0.6 is 58.0 Å². The lowest BCUT2D eigenvalue weighted by Gasteiger charge is -2.38. The second kappa shape index (κ2) is 42.9. The third-order valence-electron chi connectivity index (χ3n) is 25.9. The van der Waals surface area contributed by atoms with Crippen LogP contribution in [0.2, 0.25) is 25.1 Å². The van der Waals surface area contributed by atoms with Gasteiger partial charge in [0.25, 0.3) is 11.8 Å². The number of ether oxygens (including phenoxy) is 2. The summed E-state index contributed by atoms with van der Waals surface area (Å²) in [6.07, 6.45) is 17.5. The minimum Gasteiger partial charge on any atom is -0.381 e. The van der Waals surface area contributed by atoms with Crippen LogP contribution in [0.4, 0.5) is 11.4 Å². The molecule has 20 rings (SSSR count). The molecule has 0 spiro atoms. The van der Waals surface area contributed by atoms with Gasteiger partial charge in [0.1, 0.15) is 29.1 Å². The highest BCUT2D eigenvalue weighted by molar-refractivity contribution is 7.92. The summed E-state index contributed by atoms with van der Waals surface area (Å²) in [6.45, 7) is 17.8. The van der Waals surface area contributed by atoms with Crippen LogP contribution in [0.5, 0.6) is 0 Å². The number of rotatable bonds is 23. The fraction of sp³-hybridized carbons (Fsp3) is 0.350. The molecule has 1 N–H and O–H groups in total. The molecule has 5 saturated heterocycles. The number of carbonyl (C=O) groups excluding carboxylic acids is 4. The molecular weight excluding hydrogens is 1910 g/mol. The number of piperazine rings is 4. The summed E-state index contributed by atoms with van der Waals surface area (Å²) in [4.78, 5) is 90.9. The highest BCUT2D eigenvalue weighted by Gasteiger charge is 2.37. The molecule has 6 aliphatic rings. The van der Waals surface area contributed by atoms with Crippen LogP contribution in [-0.4, -0.2) is 301 Å². The molecule has 1 saturated carbocycles. The van der Waals surface area contributed by atoms with Gasteiger partial charge in [-0.1, -0.05) is 125 Å². The van der Waals surface area contributed by atoms with E-state index in [2.05, 4.69) is 80.2 Å². The van der Waals surface area contributed by atoms with Gasteiger partial charge >= 0.3 is 0 Å². The third kappa shape index (κ3) is 23.4. The van der Waals surface area contributed by atoms with E-state index in [0.29, 0.717) is 158 Å². The molecule has 1 aliphatic carbocycles. The van der Waals surface area contributed by atoms with Gasteiger partial charge in [0.05, 0.1) is 123 Å². The zero-order chi connectivity index (χ0) is 97.7. The number of fused-ring (bicyclic) bond motifs is 4. The summed E-state index contributed by atoms with van der Waals surface area (Å²) in [5, 5.41) is 20.8. The Bertz CT molecular complexity index is 7040. The predicted molar refractivity (Wildman–Crippen MR) is 541 cm³/mol. The molecule has 14 aromatic rings. The minimum atomic E-state index is -3.42. The molecule has 0 unspecified atom stereocenters. The topological polar surface area (TPSA) is 316 Å². The monoisotopic (exact) mass is 2020 g/mol. The molecule has 0 radical (unpaired) electrons. The minimum absolute atomic E-state index is 0.00193. The maximum absolute atomic E-state index is 12.8. The van der Waals surface area contributed by atoms with Crippen molar-refractivity contribution in [1.82, 2.24) is 91.9 Å². The first-order valence-electron chi connectivity index (χ1n) is 45.9. The van der Waals surface area contributed by atoms with Crippen LogP contribution in [0.1, 0.15) is 71.4 Å². The fourth-order valence-corrected chi connectivity index (χ4v) is 19.5. The number of imidazole rings is 4. The van der Waals surface area contributed by atoms with Crippen molar-refractivity contribution < 1.29 is 50.6 Å². The van der Waals surface area contributed by atoms with Crippen LogP contribution < -0.4 is 8.61 Å². The first-order chi connectivity index (χ1) is 66.7. The van der Waals surface area contributed by atoms with E-state index in [-0.39, 0.29) is 36.2 Å². The number of methoxy groups -OCH3 is 1. The van der Waals surface area contributed by atoms with E-state index >= 15 is 0 Å². The van der Waals surface area contributed by atoms with Crippen molar-refractivity contribution in [3.63, 3.8) is 0 Å². The molecular formula is C100H108Cl5N21O11S2. The number of aliphatic hydroxyl groups is 1. The molecule has 39 heteroatoms. The van der Waals surface area contributed by atoms with Crippen LogP contribution in [0.3, 0.4) is 0 Å². The molecule has 4 amide bonds. The Kier molecular flexibility index (Phi) is 30.5. The van der Waals surface area contributed by atoms with Gasteiger partial charge in [0, 0.05) is 225 Å². The molecule has 0 atom stereocenters. The molecule has 5 aliphatic heterocycles. The number of benzene rings is 5. The standard InChI is InChI=1S/C28H29ClN4O2.C25H26ClN7O3S.C24H28ClN5O4S.C23H25Cl2N5O2/c1-28(2,35)27(34)32-16-14-31(15-17-32)19-24-26(21-8-11-23(29)12-9-21)30-25-13-10-22(18-33(24)25)20-6-4-3-5-7-20;1-30(37(2,35)36)21-7-8-23-29-24(18-3-5-20(26)6-4-18)22(33(23)16-21)17-31-11-13-32(14-12-31)25(34)19-9-10-27-28-15-19;1-27(35(2,32)33)20-7-8-22-26-23(17-3-5-19(25)6-4-17)21(30(22)13-20)14-28-9-11-29(12-10-28)24(31)18-15-34-16-18;1-32-14-22(31)29-8-6-28(7-9-29)13-20-23(17-5-4-16(24)10-18(17)25)27-21-11-26-19(12-30(20)21)15-2-3-15/h3-13,18,35H,14-17,19H2,1-2H3;3-10,15-16H,11-14,17H2,1-2H3;3-8,13,18H,9-12,14-16H2,1-2H3;4-5,10-12,15H,2-3,6-9,13-14H2,1H3. The summed E-state index contributed by atoms with van der Waals surface area (Å²) in [7, 11) is -2.21. The van der Waals surface area contributed by atoms with Gasteiger partial charge in [0.2, 0.25) is 31.9 Å². The Labute approximate surface area is 831 Å². The number of hydrogen-bond donors (Lipinski definition) is 1. The van der Waals surface area contributed by atoms with Gasteiger partial charge in [-0.15, -0.1) is 0 Å². The van der Waals surface area contributed by atoms with Crippen LogP contribution in [-0.2, 0) is 70.1 Å². The summed E-state index contributed by atoms with van der Waals surface area (Å²) in [5.74, 6) is 0.493. The highest BCUT2D eigenvalue weighted by Crippen LogP contribution is 2.41. The molecule has 5 aromatic carbocycles. The van der Waals surface area contributed by atoms with E-state index in [1.165, 1.54) is 60.5 Å². The van der Waals surface area contributed by atoms with Crippen LogP contribution in [0.25, 0.3) is 78.7 Å². The van der Waals surface area contributed by atoms with E-state index < -0.39 is 25.6 Å². The van der Waals surface area contributed by atoms with E-state index in [1.807, 2.05) is 151 Å². The van der Waals surface area contributed by atoms with Crippen molar-refractivity contribution in [3.05, 3.63) is 266 Å². The van der Waals surface area contributed by atoms with Gasteiger partial charge < -0.3 is 38.6 Å². The van der Waals surface area contributed by atoms with Crippen molar-refractivity contribution in [2.45, 2.75) is 64.4 Å². The number of amides is 4. The zero-order valence-corrected chi connectivity index (χ0v) is 83.5. The fourth-order valence-electron chi connectivity index (χ4n) is 17.6. The Hall–Kier alpha value is -11.6. The van der Waals surface area contributed by atoms with Crippen molar-refractivity contribution in [3.8, 4) is 56.2 Å². The van der Waals surface area contributed by atoms with Crippen LogP contribution in [0, 0.1) is 5.92 Å². The van der Waals surface area contributed by atoms with Crippen molar-refractivity contribution in [1.29, 1.82) is 0 Å². The molecule has 139 heavy (non-hydrogen) atoms. The number of sulfonamides is 2. The smallest absolute Gasteiger partial charge is 0.255 e. The first-order valence-corrected chi connectivity index (χ1v) is 51.5. The quantitative estimate of drug-likeness (QED) is 0.0622. The lowest BCUT2D eigenvalue weighted by Crippen LogP contribution is -2.53. The maximum atomic E-state index is 12.8. The summed E-state index contributed by atoms with van der Waals surface area (Å²) in [6, 6.07) is 51.7. The van der Waals surface area contributed by atoms with Crippen LogP contribution in [0.15, 0.2) is 207 Å². The molecule has 9 aromatic heterocycles. The molecule has 0 bridgehead atoms. The third-order valence-corrected chi connectivity index (χ3v) is 29.7. The summed E-state index contributed by atoms with van der Waals surface area (Å²) < 4.78 is 69.5. The summed E-state index contributed by atoms with van der Waals surface area (Å²) >= 11 is 31.1. The SMILES string of the molecule is CC(C)(O)C(=O)N1CCN(Cc2c(-c3ccc(Cl)cc3)nc3ccc(-c4ccccc4)cn23)CC1.CN(c1ccc2nc(-c3ccc(Cl)cc3)c(CN3CCN(C(=O)C4COC4)CC3)n2c1)S(C)(=O)=O.CN(c1ccc2nc(-c3ccc(Cl)cc3)c(CN3CCN(C(=O)c4ccnnc4)CC3)n2c1)S(C)(=O)=O.COCC(=O)N1CCN(Cc2c(-c3ccc(Cl)cc3Cl)nc3cnc(C4CC4)cn23)CC1. The second-order valence-corrected chi connectivity index (χ2v) is 42.2. The Balaban J connectivity index is 0.000000128. The number of halogens is 5. The maximum Gasteiger partial charge on any atom is 0.255 e. The molecule has 14 heterocycles.